The van der Waals surface area contributed by atoms with E-state index >= 15 is 0 Å². The molecule has 0 bridgehead atoms. The maximum absolute atomic E-state index is 7.34. The van der Waals surface area contributed by atoms with Crippen molar-refractivity contribution in [1.82, 2.24) is 4.90 Å². The molecule has 0 atom stereocenters. The van der Waals surface area contributed by atoms with E-state index in [0.29, 0.717) is 20.8 Å². The van der Waals surface area contributed by atoms with Gasteiger partial charge in [-0.25, -0.2) is 0 Å². The summed E-state index contributed by atoms with van der Waals surface area (Å²) in [5, 5.41) is 8.26. The fraction of sp³-hybridized carbons (Fsp3) is 0.714. The topological polar surface area (TPSA) is 39.5 Å². The molecule has 0 radical (unpaired) electrons. The second-order valence-electron chi connectivity index (χ2n) is 2.82. The van der Waals surface area contributed by atoms with Crippen molar-refractivity contribution in [2.75, 3.05) is 13.1 Å². The van der Waals surface area contributed by atoms with Crippen LogP contribution in [0.2, 0.25) is 5.32 Å². The van der Waals surface area contributed by atoms with Crippen LogP contribution in [0.3, 0.4) is 0 Å². The van der Waals surface area contributed by atoms with Gasteiger partial charge < -0.3 is 0 Å². The first-order chi connectivity index (χ1) is 5.36. The Balaban J connectivity index is 2.04. The molecule has 2 aliphatic rings. The standard InChI is InChI=1S/C7H11N3Se/c8-6-5-11-7(9-6)10-3-1-2-4-10/h8H,1-5H2. The van der Waals surface area contributed by atoms with E-state index < -0.39 is 0 Å². The first kappa shape index (κ1) is 7.32. The third-order valence-electron chi connectivity index (χ3n) is 1.95. The average molecular weight is 216 g/mol. The van der Waals surface area contributed by atoms with Crippen molar-refractivity contribution >= 4 is 25.5 Å². The summed E-state index contributed by atoms with van der Waals surface area (Å²) in [5.41, 5.74) is 0. The van der Waals surface area contributed by atoms with Crippen molar-refractivity contribution in [3.05, 3.63) is 0 Å². The first-order valence-electron chi connectivity index (χ1n) is 3.90. The predicted molar refractivity (Wildman–Crippen MR) is 46.5 cm³/mol. The normalized spacial score (nSPS) is 24.5. The number of amidine groups is 2. The molecular formula is C7H11N3Se. The van der Waals surface area contributed by atoms with Crippen LogP contribution in [0.15, 0.2) is 4.99 Å². The fourth-order valence-electron chi connectivity index (χ4n) is 1.38. The molecular weight excluding hydrogens is 205 g/mol. The van der Waals surface area contributed by atoms with E-state index in [0.717, 1.165) is 5.32 Å². The second kappa shape index (κ2) is 2.95. The van der Waals surface area contributed by atoms with Crippen molar-refractivity contribution in [2.24, 2.45) is 4.99 Å². The van der Waals surface area contributed by atoms with E-state index in [9.17, 15) is 0 Å². The minimum atomic E-state index is 0.474. The van der Waals surface area contributed by atoms with Gasteiger partial charge in [-0.05, 0) is 0 Å². The molecule has 0 unspecified atom stereocenters. The van der Waals surface area contributed by atoms with Crippen LogP contribution in [0.1, 0.15) is 12.8 Å². The zero-order valence-corrected chi connectivity index (χ0v) is 8.05. The van der Waals surface area contributed by atoms with Gasteiger partial charge >= 0.3 is 72.1 Å². The molecule has 0 spiro atoms. The van der Waals surface area contributed by atoms with Crippen LogP contribution in [0, 0.1) is 5.41 Å². The molecule has 2 heterocycles. The Hall–Kier alpha value is -0.341. The van der Waals surface area contributed by atoms with E-state index in [1.807, 2.05) is 0 Å². The number of rotatable bonds is 0. The van der Waals surface area contributed by atoms with Crippen LogP contribution in [-0.4, -0.2) is 43.5 Å². The molecule has 4 heteroatoms. The van der Waals surface area contributed by atoms with Crippen LogP contribution in [0.25, 0.3) is 0 Å². The van der Waals surface area contributed by atoms with Gasteiger partial charge in [-0.15, -0.1) is 0 Å². The fourth-order valence-corrected chi connectivity index (χ4v) is 3.21. The number of likely N-dealkylation sites (tertiary alicyclic amines) is 1. The number of nitrogens with one attached hydrogen (secondary N) is 1. The minimum absolute atomic E-state index is 0.474. The zero-order valence-electron chi connectivity index (χ0n) is 6.34. The maximum atomic E-state index is 7.34. The summed E-state index contributed by atoms with van der Waals surface area (Å²) in [6.45, 7) is 2.35. The molecule has 1 N–H and O–H groups in total. The molecule has 1 fully saturated rings. The molecule has 0 aliphatic carbocycles. The van der Waals surface area contributed by atoms with Gasteiger partial charge in [-0.1, -0.05) is 0 Å². The van der Waals surface area contributed by atoms with E-state index in [2.05, 4.69) is 9.89 Å². The van der Waals surface area contributed by atoms with Gasteiger partial charge in [-0.2, -0.15) is 0 Å². The van der Waals surface area contributed by atoms with E-state index in [1.54, 1.807) is 0 Å². The third-order valence-corrected chi connectivity index (χ3v) is 4.10. The van der Waals surface area contributed by atoms with Crippen LogP contribution in [0.5, 0.6) is 0 Å². The molecule has 2 aliphatic heterocycles. The Morgan fingerprint density at radius 1 is 1.36 bits per heavy atom. The van der Waals surface area contributed by atoms with Gasteiger partial charge in [-0.3, -0.25) is 0 Å². The van der Waals surface area contributed by atoms with Gasteiger partial charge in [0.05, 0.1) is 0 Å². The number of hydrogen-bond donors (Lipinski definition) is 1. The quantitative estimate of drug-likeness (QED) is 0.590. The zero-order chi connectivity index (χ0) is 7.68. The van der Waals surface area contributed by atoms with Crippen LogP contribution < -0.4 is 0 Å². The van der Waals surface area contributed by atoms with Crippen LogP contribution >= 0.6 is 0 Å². The third kappa shape index (κ3) is 1.47. The summed E-state index contributed by atoms with van der Waals surface area (Å²) in [6.07, 6.45) is 2.62. The van der Waals surface area contributed by atoms with Crippen molar-refractivity contribution in [2.45, 2.75) is 18.2 Å². The number of hydrogen-bond acceptors (Lipinski definition) is 2. The first-order valence-corrected chi connectivity index (χ1v) is 5.97. The van der Waals surface area contributed by atoms with E-state index in [4.69, 9.17) is 5.41 Å². The monoisotopic (exact) mass is 217 g/mol. The summed E-state index contributed by atoms with van der Waals surface area (Å²) in [6, 6.07) is 0. The van der Waals surface area contributed by atoms with Crippen molar-refractivity contribution < 1.29 is 0 Å². The van der Waals surface area contributed by atoms with Gasteiger partial charge in [0.25, 0.3) is 0 Å². The molecule has 11 heavy (non-hydrogen) atoms. The predicted octanol–water partition coefficient (Wildman–Crippen LogP) is 0.552. The SMILES string of the molecule is N=C1C[Se]C(N2CCCC2)=N1. The Morgan fingerprint density at radius 2 is 2.09 bits per heavy atom. The Bertz CT molecular complexity index is 206. The molecule has 60 valence electrons. The van der Waals surface area contributed by atoms with Gasteiger partial charge in [0, 0.05) is 0 Å². The summed E-state index contributed by atoms with van der Waals surface area (Å²) in [7, 11) is 0. The number of aliphatic imine (C=N–C) groups is 1. The Labute approximate surface area is 72.5 Å². The van der Waals surface area contributed by atoms with Gasteiger partial charge in [0.15, 0.2) is 0 Å². The van der Waals surface area contributed by atoms with Gasteiger partial charge in [0.1, 0.15) is 0 Å². The molecule has 2 rings (SSSR count). The molecule has 3 nitrogen and oxygen atoms in total. The Morgan fingerprint density at radius 3 is 2.64 bits per heavy atom. The van der Waals surface area contributed by atoms with Crippen molar-refractivity contribution in [3.63, 3.8) is 0 Å². The Kier molecular flexibility index (Phi) is 1.96. The molecule has 0 aromatic carbocycles. The van der Waals surface area contributed by atoms with Crippen LogP contribution in [-0.2, 0) is 0 Å². The summed E-state index contributed by atoms with van der Waals surface area (Å²) in [5.74, 6) is 0.590. The average Bonchev–Trinajstić information content (AvgIpc) is 2.55. The molecule has 0 saturated carbocycles. The summed E-state index contributed by atoms with van der Waals surface area (Å²) >= 11 is 0.474. The van der Waals surface area contributed by atoms with Gasteiger partial charge in [0.2, 0.25) is 0 Å². The summed E-state index contributed by atoms with van der Waals surface area (Å²) < 4.78 is 1.22. The van der Waals surface area contributed by atoms with Crippen molar-refractivity contribution in [3.8, 4) is 0 Å². The second-order valence-corrected chi connectivity index (χ2v) is 4.80. The molecule has 0 aromatic heterocycles. The molecule has 0 amide bonds. The van der Waals surface area contributed by atoms with Crippen molar-refractivity contribution in [1.29, 1.82) is 5.41 Å². The molecule has 1 saturated heterocycles. The van der Waals surface area contributed by atoms with Crippen LogP contribution in [0.4, 0.5) is 0 Å². The number of nitrogens with zero attached hydrogens (tertiary/aromatic N) is 2. The van der Waals surface area contributed by atoms with E-state index in [-0.39, 0.29) is 0 Å². The molecule has 0 aromatic rings. The summed E-state index contributed by atoms with van der Waals surface area (Å²) in [4.78, 5) is 6.57. The van der Waals surface area contributed by atoms with E-state index in [1.165, 1.54) is 30.7 Å².